The minimum Gasteiger partial charge on any atom is -0.348 e. The van der Waals surface area contributed by atoms with Crippen LogP contribution < -0.4 is 21.8 Å². The topological polar surface area (TPSA) is 94.4 Å². The van der Waals surface area contributed by atoms with E-state index in [1.807, 2.05) is 20.8 Å². The fourth-order valence-electron chi connectivity index (χ4n) is 2.61. The number of hydrogen-bond donors (Lipinski definition) is 3. The highest BCUT2D eigenvalue weighted by Gasteiger charge is 2.19. The van der Waals surface area contributed by atoms with Crippen LogP contribution in [0.4, 0.5) is 4.39 Å². The van der Waals surface area contributed by atoms with Crippen molar-refractivity contribution in [2.24, 2.45) is 0 Å². The van der Waals surface area contributed by atoms with E-state index in [-0.39, 0.29) is 16.1 Å². The number of imidazole rings is 1. The predicted molar refractivity (Wildman–Crippen MR) is 97.8 cm³/mol. The van der Waals surface area contributed by atoms with E-state index in [1.54, 1.807) is 12.4 Å². The summed E-state index contributed by atoms with van der Waals surface area (Å²) < 4.78 is 13.3. The van der Waals surface area contributed by atoms with E-state index in [4.69, 9.17) is 0 Å². The van der Waals surface area contributed by atoms with Gasteiger partial charge in [-0.05, 0) is 29.8 Å². The summed E-state index contributed by atoms with van der Waals surface area (Å²) in [5.41, 5.74) is 0.780. The molecular formula is C19H19FN4O2. The lowest BCUT2D eigenvalue weighted by atomic mass is 9.90. The first-order valence-electron chi connectivity index (χ1n) is 8.09. The fourth-order valence-corrected chi connectivity index (χ4v) is 2.61. The first-order chi connectivity index (χ1) is 12.2. The second-order valence-corrected chi connectivity index (χ2v) is 6.99. The number of H-pyrrole nitrogens is 3. The van der Waals surface area contributed by atoms with Crippen LogP contribution in [0.2, 0.25) is 0 Å². The monoisotopic (exact) mass is 354 g/mol. The standard InChI is InChI=1S/C19H19FN4O2/c1-19(2,3)16-13(21-10-22-16)9-15-18(26)23-14(17(25)24-15)8-11-5-4-6-12(20)7-11/h4-10H,1-3H3,(H,21,22)(H,23,26)(H,24,25)/b14-8+,15-9+. The van der Waals surface area contributed by atoms with Gasteiger partial charge in [0.1, 0.15) is 16.5 Å². The zero-order chi connectivity index (χ0) is 18.9. The van der Waals surface area contributed by atoms with Crippen LogP contribution in [0.25, 0.3) is 12.2 Å². The van der Waals surface area contributed by atoms with Gasteiger partial charge in [-0.25, -0.2) is 9.37 Å². The molecule has 0 aliphatic carbocycles. The van der Waals surface area contributed by atoms with E-state index in [2.05, 4.69) is 19.9 Å². The van der Waals surface area contributed by atoms with E-state index in [1.165, 1.54) is 30.4 Å². The Bertz CT molecular complexity index is 1180. The molecule has 0 atom stereocenters. The molecule has 0 aliphatic heterocycles. The van der Waals surface area contributed by atoms with Crippen molar-refractivity contribution >= 4 is 12.2 Å². The summed E-state index contributed by atoms with van der Waals surface area (Å²) in [4.78, 5) is 37.0. The normalized spacial score (nSPS) is 13.4. The van der Waals surface area contributed by atoms with Gasteiger partial charge in [-0.15, -0.1) is 0 Å². The zero-order valence-corrected chi connectivity index (χ0v) is 14.7. The van der Waals surface area contributed by atoms with Crippen molar-refractivity contribution in [2.75, 3.05) is 0 Å². The van der Waals surface area contributed by atoms with Crippen molar-refractivity contribution in [3.63, 3.8) is 0 Å². The summed E-state index contributed by atoms with van der Waals surface area (Å²) in [7, 11) is 0. The number of nitrogens with zero attached hydrogens (tertiary/aromatic N) is 1. The summed E-state index contributed by atoms with van der Waals surface area (Å²) in [6, 6.07) is 5.75. The van der Waals surface area contributed by atoms with Gasteiger partial charge in [0, 0.05) is 11.1 Å². The van der Waals surface area contributed by atoms with Crippen LogP contribution in [0, 0.1) is 5.82 Å². The van der Waals surface area contributed by atoms with Crippen LogP contribution in [0.5, 0.6) is 0 Å². The van der Waals surface area contributed by atoms with Crippen LogP contribution in [-0.2, 0) is 5.41 Å². The summed E-state index contributed by atoms with van der Waals surface area (Å²) in [6.07, 6.45) is 4.50. The molecule has 0 spiro atoms. The van der Waals surface area contributed by atoms with Crippen molar-refractivity contribution in [3.8, 4) is 0 Å². The van der Waals surface area contributed by atoms with E-state index in [0.717, 1.165) is 5.69 Å². The minimum atomic E-state index is -0.479. The molecule has 3 aromatic rings. The van der Waals surface area contributed by atoms with Gasteiger partial charge in [0.2, 0.25) is 0 Å². The molecule has 0 radical (unpaired) electrons. The van der Waals surface area contributed by atoms with Gasteiger partial charge in [0.15, 0.2) is 0 Å². The number of hydrogen-bond acceptors (Lipinski definition) is 3. The van der Waals surface area contributed by atoms with Crippen molar-refractivity contribution in [3.05, 3.63) is 84.8 Å². The van der Waals surface area contributed by atoms with Gasteiger partial charge in [-0.3, -0.25) is 9.59 Å². The zero-order valence-electron chi connectivity index (χ0n) is 14.7. The highest BCUT2D eigenvalue weighted by atomic mass is 19.1. The molecule has 1 aromatic carbocycles. The molecule has 2 heterocycles. The number of rotatable bonds is 2. The third kappa shape index (κ3) is 3.72. The summed E-state index contributed by atoms with van der Waals surface area (Å²) >= 11 is 0. The van der Waals surface area contributed by atoms with Crippen molar-refractivity contribution < 1.29 is 4.39 Å². The van der Waals surface area contributed by atoms with Crippen LogP contribution in [0.1, 0.15) is 37.7 Å². The molecule has 3 N–H and O–H groups in total. The van der Waals surface area contributed by atoms with Gasteiger partial charge in [0.25, 0.3) is 11.1 Å². The molecule has 6 nitrogen and oxygen atoms in total. The molecule has 26 heavy (non-hydrogen) atoms. The summed E-state index contributed by atoms with van der Waals surface area (Å²) in [5, 5.41) is 0.153. The Kier molecular flexibility index (Phi) is 4.46. The van der Waals surface area contributed by atoms with Crippen LogP contribution in [0.3, 0.4) is 0 Å². The SMILES string of the molecule is CC(C)(C)c1[nH]cnc1/C=c1/[nH]c(=O)/c(=C\c2cccc(F)c2)[nH]c1=O. The Balaban J connectivity index is 2.14. The minimum absolute atomic E-state index is 0.0517. The molecular weight excluding hydrogens is 335 g/mol. The lowest BCUT2D eigenvalue weighted by molar-refractivity contribution is 0.571. The fraction of sp³-hybridized carbons (Fsp3) is 0.211. The molecule has 0 bridgehead atoms. The number of benzene rings is 1. The van der Waals surface area contributed by atoms with Gasteiger partial charge in [0.05, 0.1) is 12.0 Å². The van der Waals surface area contributed by atoms with E-state index in [9.17, 15) is 14.0 Å². The Morgan fingerprint density at radius 3 is 2.31 bits per heavy atom. The molecule has 0 aliphatic rings. The van der Waals surface area contributed by atoms with E-state index >= 15 is 0 Å². The number of halogens is 1. The number of aromatic amines is 3. The maximum atomic E-state index is 13.3. The molecule has 3 rings (SSSR count). The van der Waals surface area contributed by atoms with Crippen LogP contribution in [0.15, 0.2) is 40.2 Å². The smallest absolute Gasteiger partial charge is 0.272 e. The maximum absolute atomic E-state index is 13.3. The van der Waals surface area contributed by atoms with Crippen molar-refractivity contribution in [1.82, 2.24) is 19.9 Å². The Hall–Kier alpha value is -3.22. The molecule has 0 fully saturated rings. The molecule has 2 aromatic heterocycles. The van der Waals surface area contributed by atoms with Gasteiger partial charge in [-0.2, -0.15) is 0 Å². The van der Waals surface area contributed by atoms with Gasteiger partial charge >= 0.3 is 0 Å². The second-order valence-electron chi connectivity index (χ2n) is 6.99. The average Bonchev–Trinajstić information content (AvgIpc) is 3.01. The van der Waals surface area contributed by atoms with Crippen molar-refractivity contribution in [2.45, 2.75) is 26.2 Å². The molecule has 0 amide bonds. The van der Waals surface area contributed by atoms with Crippen LogP contribution >= 0.6 is 0 Å². The molecule has 0 unspecified atom stereocenters. The quantitative estimate of drug-likeness (QED) is 0.638. The summed E-state index contributed by atoms with van der Waals surface area (Å²) in [5.74, 6) is -0.421. The largest absolute Gasteiger partial charge is 0.348 e. The Labute approximate surface area is 148 Å². The van der Waals surface area contributed by atoms with E-state index < -0.39 is 16.9 Å². The Morgan fingerprint density at radius 2 is 1.69 bits per heavy atom. The van der Waals surface area contributed by atoms with Gasteiger partial charge in [-0.1, -0.05) is 32.9 Å². The molecule has 0 saturated carbocycles. The lowest BCUT2D eigenvalue weighted by Crippen LogP contribution is -2.46. The first kappa shape index (κ1) is 17.6. The lowest BCUT2D eigenvalue weighted by Gasteiger charge is -2.16. The van der Waals surface area contributed by atoms with E-state index in [0.29, 0.717) is 11.3 Å². The third-order valence-electron chi connectivity index (χ3n) is 3.85. The molecule has 134 valence electrons. The number of aromatic nitrogens is 4. The van der Waals surface area contributed by atoms with Crippen LogP contribution in [-0.4, -0.2) is 19.9 Å². The van der Waals surface area contributed by atoms with Gasteiger partial charge < -0.3 is 15.0 Å². The highest BCUT2D eigenvalue weighted by molar-refractivity contribution is 5.49. The predicted octanol–water partition coefficient (Wildman–Crippen LogP) is 0.880. The average molecular weight is 354 g/mol. The summed E-state index contributed by atoms with van der Waals surface area (Å²) in [6.45, 7) is 6.05. The first-order valence-corrected chi connectivity index (χ1v) is 8.09. The second kappa shape index (κ2) is 6.59. The van der Waals surface area contributed by atoms with Crippen molar-refractivity contribution in [1.29, 1.82) is 0 Å². The molecule has 0 saturated heterocycles. The maximum Gasteiger partial charge on any atom is 0.272 e. The Morgan fingerprint density at radius 1 is 1.04 bits per heavy atom. The highest BCUT2D eigenvalue weighted by Crippen LogP contribution is 2.22. The third-order valence-corrected chi connectivity index (χ3v) is 3.85. The molecule has 7 heteroatoms. The number of nitrogens with one attached hydrogen (secondary N) is 3.